The van der Waals surface area contributed by atoms with Gasteiger partial charge in [0.1, 0.15) is 5.69 Å². The van der Waals surface area contributed by atoms with E-state index in [1.165, 1.54) is 22.4 Å². The zero-order valence-electron chi connectivity index (χ0n) is 13.7. The minimum atomic E-state index is -0.230. The van der Waals surface area contributed by atoms with Gasteiger partial charge < -0.3 is 9.64 Å². The molecule has 1 aromatic carbocycles. The third-order valence-corrected chi connectivity index (χ3v) is 4.27. The van der Waals surface area contributed by atoms with E-state index in [4.69, 9.17) is 4.74 Å². The van der Waals surface area contributed by atoms with Gasteiger partial charge in [-0.3, -0.25) is 9.59 Å². The van der Waals surface area contributed by atoms with Crippen LogP contribution in [0.2, 0.25) is 0 Å². The number of carbonyl (C=O) groups excluding carboxylic acids is 1. The highest BCUT2D eigenvalue weighted by Gasteiger charge is 2.28. The van der Waals surface area contributed by atoms with E-state index in [2.05, 4.69) is 17.2 Å². The lowest BCUT2D eigenvalue weighted by molar-refractivity contribution is 0.0648. The van der Waals surface area contributed by atoms with Crippen molar-refractivity contribution in [1.29, 1.82) is 0 Å². The molecule has 1 unspecified atom stereocenters. The Morgan fingerprint density at radius 2 is 2.08 bits per heavy atom. The van der Waals surface area contributed by atoms with Crippen LogP contribution >= 0.6 is 0 Å². The highest BCUT2D eigenvalue weighted by Crippen LogP contribution is 2.16. The summed E-state index contributed by atoms with van der Waals surface area (Å²) < 4.78 is 6.64. The number of hydrogen-bond acceptors (Lipinski definition) is 4. The van der Waals surface area contributed by atoms with Crippen molar-refractivity contribution >= 4 is 5.91 Å². The number of rotatable bonds is 5. The topological polar surface area (TPSA) is 64.4 Å². The molecular weight excluding hydrogens is 306 g/mol. The van der Waals surface area contributed by atoms with E-state index in [0.29, 0.717) is 19.8 Å². The number of ether oxygens (including phenoxy) is 1. The lowest BCUT2D eigenvalue weighted by Crippen LogP contribution is -2.43. The summed E-state index contributed by atoms with van der Waals surface area (Å²) in [6.45, 7) is 1.81. The summed E-state index contributed by atoms with van der Waals surface area (Å²) in [7, 11) is 1.55. The van der Waals surface area contributed by atoms with Crippen molar-refractivity contribution in [1.82, 2.24) is 14.7 Å². The molecule has 0 bridgehead atoms. The average Bonchev–Trinajstić information content (AvgIpc) is 3.12. The van der Waals surface area contributed by atoms with Crippen molar-refractivity contribution < 1.29 is 9.53 Å². The van der Waals surface area contributed by atoms with Crippen LogP contribution in [-0.2, 0) is 18.2 Å². The Hall–Kier alpha value is -2.47. The zero-order chi connectivity index (χ0) is 16.9. The molecule has 1 fully saturated rings. The smallest absolute Gasteiger partial charge is 0.274 e. The Bertz CT molecular complexity index is 752. The van der Waals surface area contributed by atoms with Crippen molar-refractivity contribution in [2.45, 2.75) is 18.9 Å². The first-order valence-corrected chi connectivity index (χ1v) is 8.12. The molecular formula is C18H21N3O3. The number of aryl methyl sites for hydroxylation is 1. The van der Waals surface area contributed by atoms with E-state index in [1.54, 1.807) is 7.05 Å². The minimum Gasteiger partial charge on any atom is -0.379 e. The van der Waals surface area contributed by atoms with Gasteiger partial charge in [-0.05, 0) is 24.5 Å². The van der Waals surface area contributed by atoms with Gasteiger partial charge in [0.25, 0.3) is 11.5 Å². The summed E-state index contributed by atoms with van der Waals surface area (Å²) >= 11 is 0. The van der Waals surface area contributed by atoms with Gasteiger partial charge >= 0.3 is 0 Å². The third kappa shape index (κ3) is 3.71. The summed E-state index contributed by atoms with van der Waals surface area (Å²) in [5, 5.41) is 4.09. The molecule has 0 saturated carbocycles. The maximum Gasteiger partial charge on any atom is 0.274 e. The van der Waals surface area contributed by atoms with Crippen LogP contribution in [0.1, 0.15) is 22.5 Å². The SMILES string of the molecule is Cn1nc(C(=O)N(CCc2ccccc2)C2CCOC2)ccc1=O. The Morgan fingerprint density at radius 3 is 2.75 bits per heavy atom. The molecule has 2 heterocycles. The Kier molecular flexibility index (Phi) is 5.05. The molecule has 126 valence electrons. The van der Waals surface area contributed by atoms with E-state index < -0.39 is 0 Å². The van der Waals surface area contributed by atoms with Crippen LogP contribution in [0.25, 0.3) is 0 Å². The molecule has 6 nitrogen and oxygen atoms in total. The molecule has 1 saturated heterocycles. The van der Waals surface area contributed by atoms with Crippen LogP contribution in [-0.4, -0.2) is 46.4 Å². The monoisotopic (exact) mass is 327 g/mol. The van der Waals surface area contributed by atoms with Crippen LogP contribution in [0.4, 0.5) is 0 Å². The van der Waals surface area contributed by atoms with Crippen molar-refractivity contribution in [3.05, 3.63) is 64.1 Å². The quantitative estimate of drug-likeness (QED) is 0.829. The first kappa shape index (κ1) is 16.4. The minimum absolute atomic E-state index is 0.0558. The summed E-state index contributed by atoms with van der Waals surface area (Å²) in [5.74, 6) is -0.156. The van der Waals surface area contributed by atoms with Gasteiger partial charge in [-0.25, -0.2) is 4.68 Å². The number of amides is 1. The molecule has 0 radical (unpaired) electrons. The molecule has 2 aromatic rings. The summed E-state index contributed by atoms with van der Waals surface area (Å²) in [5.41, 5.74) is 1.24. The standard InChI is InChI=1S/C18H21N3O3/c1-20-17(22)8-7-16(19-20)18(23)21(15-10-12-24-13-15)11-9-14-5-3-2-4-6-14/h2-8,15H,9-13H2,1H3. The maximum absolute atomic E-state index is 12.9. The molecule has 1 aromatic heterocycles. The Morgan fingerprint density at radius 1 is 1.29 bits per heavy atom. The predicted octanol–water partition coefficient (Wildman–Crippen LogP) is 1.25. The largest absolute Gasteiger partial charge is 0.379 e. The molecule has 1 amide bonds. The molecule has 1 aliphatic heterocycles. The van der Waals surface area contributed by atoms with Gasteiger partial charge in [0.2, 0.25) is 0 Å². The van der Waals surface area contributed by atoms with Gasteiger partial charge in [0.15, 0.2) is 0 Å². The molecule has 3 rings (SSSR count). The van der Waals surface area contributed by atoms with E-state index in [0.717, 1.165) is 12.8 Å². The van der Waals surface area contributed by atoms with E-state index >= 15 is 0 Å². The number of nitrogens with zero attached hydrogens (tertiary/aromatic N) is 3. The number of carbonyl (C=O) groups is 1. The number of benzene rings is 1. The highest BCUT2D eigenvalue weighted by atomic mass is 16.5. The number of hydrogen-bond donors (Lipinski definition) is 0. The van der Waals surface area contributed by atoms with E-state index in [1.807, 2.05) is 23.1 Å². The van der Waals surface area contributed by atoms with Crippen LogP contribution in [0.3, 0.4) is 0 Å². The Labute approximate surface area is 140 Å². The third-order valence-electron chi connectivity index (χ3n) is 4.27. The van der Waals surface area contributed by atoms with Crippen LogP contribution in [0.15, 0.2) is 47.3 Å². The first-order valence-electron chi connectivity index (χ1n) is 8.12. The van der Waals surface area contributed by atoms with Gasteiger partial charge in [-0.1, -0.05) is 30.3 Å². The highest BCUT2D eigenvalue weighted by molar-refractivity contribution is 5.92. The molecule has 1 atom stereocenters. The summed E-state index contributed by atoms with van der Waals surface area (Å²) in [4.78, 5) is 26.2. The molecule has 1 aliphatic rings. The Balaban J connectivity index is 1.79. The molecule has 0 N–H and O–H groups in total. The van der Waals surface area contributed by atoms with Crippen LogP contribution in [0.5, 0.6) is 0 Å². The molecule has 0 aliphatic carbocycles. The van der Waals surface area contributed by atoms with Crippen molar-refractivity contribution in [2.24, 2.45) is 7.05 Å². The average molecular weight is 327 g/mol. The normalized spacial score (nSPS) is 17.0. The van der Waals surface area contributed by atoms with Crippen LogP contribution in [0, 0.1) is 0 Å². The van der Waals surface area contributed by atoms with Crippen LogP contribution < -0.4 is 5.56 Å². The van der Waals surface area contributed by atoms with E-state index in [9.17, 15) is 9.59 Å². The first-order chi connectivity index (χ1) is 11.6. The molecule has 6 heteroatoms. The summed E-state index contributed by atoms with van der Waals surface area (Å²) in [6.07, 6.45) is 1.60. The van der Waals surface area contributed by atoms with E-state index in [-0.39, 0.29) is 23.2 Å². The fourth-order valence-corrected chi connectivity index (χ4v) is 2.88. The van der Waals surface area contributed by atoms with Gasteiger partial charge in [-0.2, -0.15) is 5.10 Å². The van der Waals surface area contributed by atoms with Crippen molar-refractivity contribution in [2.75, 3.05) is 19.8 Å². The maximum atomic E-state index is 12.9. The van der Waals surface area contributed by atoms with Gasteiger partial charge in [-0.15, -0.1) is 0 Å². The van der Waals surface area contributed by atoms with Gasteiger partial charge in [0, 0.05) is 26.3 Å². The van der Waals surface area contributed by atoms with Crippen molar-refractivity contribution in [3.63, 3.8) is 0 Å². The zero-order valence-corrected chi connectivity index (χ0v) is 13.7. The summed E-state index contributed by atoms with van der Waals surface area (Å²) in [6, 6.07) is 13.0. The number of aromatic nitrogens is 2. The fourth-order valence-electron chi connectivity index (χ4n) is 2.88. The second-order valence-corrected chi connectivity index (χ2v) is 5.93. The van der Waals surface area contributed by atoms with Gasteiger partial charge in [0.05, 0.1) is 12.6 Å². The lowest BCUT2D eigenvalue weighted by atomic mass is 10.1. The molecule has 0 spiro atoms. The second kappa shape index (κ2) is 7.40. The second-order valence-electron chi connectivity index (χ2n) is 5.93. The molecule has 24 heavy (non-hydrogen) atoms. The van der Waals surface area contributed by atoms with Crippen molar-refractivity contribution in [3.8, 4) is 0 Å². The predicted molar refractivity (Wildman–Crippen MR) is 89.9 cm³/mol. The fraction of sp³-hybridized carbons (Fsp3) is 0.389. The lowest BCUT2D eigenvalue weighted by Gasteiger charge is -2.28.